The molecule has 25 heavy (non-hydrogen) atoms. The summed E-state index contributed by atoms with van der Waals surface area (Å²) in [5, 5.41) is 5.29. The standard InChI is InChI=1S/C17H18N4O3S/c1-3-24-17(23)12-10-25-14(19-12)7-8-18-16(22)15-11(2)21-9-5-4-6-13(21)20-15/h4-6,9-10H,3,7-8H2,1-2H3,(H,18,22). The van der Waals surface area contributed by atoms with Gasteiger partial charge >= 0.3 is 5.97 Å². The molecule has 1 amide bonds. The van der Waals surface area contributed by atoms with E-state index in [2.05, 4.69) is 15.3 Å². The number of ether oxygens (including phenoxy) is 1. The van der Waals surface area contributed by atoms with E-state index in [9.17, 15) is 9.59 Å². The highest BCUT2D eigenvalue weighted by atomic mass is 32.1. The van der Waals surface area contributed by atoms with Gasteiger partial charge in [-0.05, 0) is 26.0 Å². The first-order valence-electron chi connectivity index (χ1n) is 7.93. The van der Waals surface area contributed by atoms with Gasteiger partial charge in [-0.1, -0.05) is 6.07 Å². The van der Waals surface area contributed by atoms with Crippen LogP contribution in [-0.2, 0) is 11.2 Å². The number of imidazole rings is 1. The molecule has 0 spiro atoms. The molecular formula is C17H18N4O3S. The van der Waals surface area contributed by atoms with Crippen molar-refractivity contribution in [3.05, 3.63) is 51.9 Å². The Morgan fingerprint density at radius 3 is 2.92 bits per heavy atom. The molecule has 3 heterocycles. The Hall–Kier alpha value is -2.74. The normalized spacial score (nSPS) is 10.8. The van der Waals surface area contributed by atoms with Gasteiger partial charge in [-0.2, -0.15) is 0 Å². The SMILES string of the molecule is CCOC(=O)c1csc(CCNC(=O)c2nc3ccccn3c2C)n1. The van der Waals surface area contributed by atoms with Crippen molar-refractivity contribution in [1.82, 2.24) is 19.7 Å². The second kappa shape index (κ2) is 7.43. The number of hydrogen-bond acceptors (Lipinski definition) is 6. The fourth-order valence-electron chi connectivity index (χ4n) is 2.42. The van der Waals surface area contributed by atoms with Crippen molar-refractivity contribution in [2.75, 3.05) is 13.2 Å². The summed E-state index contributed by atoms with van der Waals surface area (Å²) in [5.41, 5.74) is 2.26. The van der Waals surface area contributed by atoms with E-state index in [1.165, 1.54) is 11.3 Å². The summed E-state index contributed by atoms with van der Waals surface area (Å²) in [7, 11) is 0. The van der Waals surface area contributed by atoms with E-state index in [0.717, 1.165) is 16.3 Å². The highest BCUT2D eigenvalue weighted by Gasteiger charge is 2.16. The number of fused-ring (bicyclic) bond motifs is 1. The first-order chi connectivity index (χ1) is 12.1. The van der Waals surface area contributed by atoms with Crippen LogP contribution in [0.1, 0.15) is 38.6 Å². The van der Waals surface area contributed by atoms with Gasteiger partial charge in [0.15, 0.2) is 5.69 Å². The molecule has 0 aromatic carbocycles. The van der Waals surface area contributed by atoms with Crippen LogP contribution >= 0.6 is 11.3 Å². The minimum Gasteiger partial charge on any atom is -0.461 e. The third kappa shape index (κ3) is 3.69. The van der Waals surface area contributed by atoms with E-state index in [4.69, 9.17) is 4.74 Å². The maximum atomic E-state index is 12.3. The number of aryl methyl sites for hydroxylation is 1. The van der Waals surface area contributed by atoms with E-state index in [1.807, 2.05) is 35.7 Å². The molecule has 0 radical (unpaired) electrons. The fourth-order valence-corrected chi connectivity index (χ4v) is 3.19. The number of amides is 1. The number of nitrogens with one attached hydrogen (secondary N) is 1. The monoisotopic (exact) mass is 358 g/mol. The highest BCUT2D eigenvalue weighted by Crippen LogP contribution is 2.13. The number of aromatic nitrogens is 3. The van der Waals surface area contributed by atoms with Gasteiger partial charge in [-0.25, -0.2) is 14.8 Å². The summed E-state index contributed by atoms with van der Waals surface area (Å²) in [6.45, 7) is 4.35. The lowest BCUT2D eigenvalue weighted by atomic mass is 10.3. The molecule has 0 aliphatic rings. The summed E-state index contributed by atoms with van der Waals surface area (Å²) in [6, 6.07) is 5.64. The number of pyridine rings is 1. The van der Waals surface area contributed by atoms with E-state index in [0.29, 0.717) is 31.0 Å². The zero-order chi connectivity index (χ0) is 17.8. The van der Waals surface area contributed by atoms with Crippen molar-refractivity contribution in [2.45, 2.75) is 20.3 Å². The number of rotatable bonds is 6. The van der Waals surface area contributed by atoms with Gasteiger partial charge in [0.1, 0.15) is 11.3 Å². The Morgan fingerprint density at radius 2 is 2.16 bits per heavy atom. The van der Waals surface area contributed by atoms with Crippen LogP contribution in [-0.4, -0.2) is 39.4 Å². The number of carbonyl (C=O) groups is 2. The van der Waals surface area contributed by atoms with E-state index >= 15 is 0 Å². The van der Waals surface area contributed by atoms with Gasteiger partial charge in [0.2, 0.25) is 0 Å². The molecular weight excluding hydrogens is 340 g/mol. The van der Waals surface area contributed by atoms with Gasteiger partial charge < -0.3 is 14.5 Å². The lowest BCUT2D eigenvalue weighted by Gasteiger charge is -2.02. The summed E-state index contributed by atoms with van der Waals surface area (Å²) in [4.78, 5) is 32.5. The molecule has 0 saturated heterocycles. The van der Waals surface area contributed by atoms with Crippen LogP contribution in [0.2, 0.25) is 0 Å². The molecule has 8 heteroatoms. The molecule has 3 aromatic rings. The van der Waals surface area contributed by atoms with Gasteiger partial charge in [-0.3, -0.25) is 4.79 Å². The summed E-state index contributed by atoms with van der Waals surface area (Å²) >= 11 is 1.38. The quantitative estimate of drug-likeness (QED) is 0.683. The highest BCUT2D eigenvalue weighted by molar-refractivity contribution is 7.09. The van der Waals surface area contributed by atoms with Crippen molar-refractivity contribution in [3.8, 4) is 0 Å². The number of thiazole rings is 1. The number of carbonyl (C=O) groups excluding carboxylic acids is 2. The van der Waals surface area contributed by atoms with Gasteiger partial charge in [0.25, 0.3) is 5.91 Å². The lowest BCUT2D eigenvalue weighted by Crippen LogP contribution is -2.26. The molecule has 3 aromatic heterocycles. The third-order valence-corrected chi connectivity index (χ3v) is 4.55. The first-order valence-corrected chi connectivity index (χ1v) is 8.81. The molecule has 0 aliphatic heterocycles. The molecule has 0 aliphatic carbocycles. The van der Waals surface area contributed by atoms with Crippen molar-refractivity contribution < 1.29 is 14.3 Å². The first kappa shape index (κ1) is 17.1. The van der Waals surface area contributed by atoms with Crippen LogP contribution < -0.4 is 5.32 Å². The van der Waals surface area contributed by atoms with Crippen molar-refractivity contribution in [3.63, 3.8) is 0 Å². The minimum absolute atomic E-state index is 0.219. The van der Waals surface area contributed by atoms with Crippen LogP contribution in [0.15, 0.2) is 29.8 Å². The smallest absolute Gasteiger partial charge is 0.357 e. The number of hydrogen-bond donors (Lipinski definition) is 1. The zero-order valence-corrected chi connectivity index (χ0v) is 14.8. The predicted molar refractivity (Wildman–Crippen MR) is 94.0 cm³/mol. The van der Waals surface area contributed by atoms with E-state index in [1.54, 1.807) is 12.3 Å². The topological polar surface area (TPSA) is 85.6 Å². The lowest BCUT2D eigenvalue weighted by molar-refractivity contribution is 0.0520. The number of esters is 1. The van der Waals surface area contributed by atoms with Crippen LogP contribution in [0.4, 0.5) is 0 Å². The zero-order valence-electron chi connectivity index (χ0n) is 14.0. The van der Waals surface area contributed by atoms with Crippen LogP contribution in [0.3, 0.4) is 0 Å². The van der Waals surface area contributed by atoms with E-state index < -0.39 is 5.97 Å². The van der Waals surface area contributed by atoms with Crippen molar-refractivity contribution in [1.29, 1.82) is 0 Å². The Balaban J connectivity index is 1.59. The van der Waals surface area contributed by atoms with Crippen LogP contribution in [0.5, 0.6) is 0 Å². The molecule has 0 bridgehead atoms. The average molecular weight is 358 g/mol. The Kier molecular flexibility index (Phi) is 5.08. The Bertz CT molecular complexity index is 916. The van der Waals surface area contributed by atoms with Crippen LogP contribution in [0, 0.1) is 6.92 Å². The maximum absolute atomic E-state index is 12.3. The summed E-state index contributed by atoms with van der Waals surface area (Å²) < 4.78 is 6.79. The molecule has 3 rings (SSSR count). The van der Waals surface area contributed by atoms with Gasteiger partial charge in [0.05, 0.1) is 17.3 Å². The van der Waals surface area contributed by atoms with Crippen molar-refractivity contribution in [2.24, 2.45) is 0 Å². The minimum atomic E-state index is -0.422. The third-order valence-electron chi connectivity index (χ3n) is 3.64. The molecule has 130 valence electrons. The summed E-state index contributed by atoms with van der Waals surface area (Å²) in [5.74, 6) is -0.641. The molecule has 7 nitrogen and oxygen atoms in total. The average Bonchev–Trinajstić information content (AvgIpc) is 3.21. The van der Waals surface area contributed by atoms with E-state index in [-0.39, 0.29) is 5.91 Å². The van der Waals surface area contributed by atoms with Crippen molar-refractivity contribution >= 4 is 28.9 Å². The molecule has 0 fully saturated rings. The second-order valence-corrected chi connectivity index (χ2v) is 6.27. The summed E-state index contributed by atoms with van der Waals surface area (Å²) in [6.07, 6.45) is 2.42. The van der Waals surface area contributed by atoms with Crippen LogP contribution in [0.25, 0.3) is 5.65 Å². The molecule has 0 unspecified atom stereocenters. The second-order valence-electron chi connectivity index (χ2n) is 5.33. The molecule has 0 atom stereocenters. The van der Waals surface area contributed by atoms with Gasteiger partial charge in [-0.15, -0.1) is 11.3 Å². The maximum Gasteiger partial charge on any atom is 0.357 e. The fraction of sp³-hybridized carbons (Fsp3) is 0.294. The Labute approximate surface area is 148 Å². The molecule has 1 N–H and O–H groups in total. The largest absolute Gasteiger partial charge is 0.461 e. The number of nitrogens with zero attached hydrogens (tertiary/aromatic N) is 3. The predicted octanol–water partition coefficient (Wildman–Crippen LogP) is 2.25. The Morgan fingerprint density at radius 1 is 1.32 bits per heavy atom. The molecule has 0 saturated carbocycles. The van der Waals surface area contributed by atoms with Gasteiger partial charge in [0, 0.05) is 24.5 Å².